The summed E-state index contributed by atoms with van der Waals surface area (Å²) in [6.45, 7) is 3.34. The topological polar surface area (TPSA) is 77.8 Å². The highest BCUT2D eigenvalue weighted by Crippen LogP contribution is 2.49. The molecule has 3 amide bonds. The van der Waals surface area contributed by atoms with Gasteiger partial charge < -0.3 is 14.7 Å². The number of urea groups is 1. The highest BCUT2D eigenvalue weighted by atomic mass is 16.2. The van der Waals surface area contributed by atoms with Crippen LogP contribution in [0.4, 0.5) is 4.79 Å². The second-order valence-corrected chi connectivity index (χ2v) is 11.8. The molecular weight excluding hydrogens is 466 g/mol. The van der Waals surface area contributed by atoms with Gasteiger partial charge in [0.25, 0.3) is 0 Å². The molecule has 1 spiro atoms. The minimum absolute atomic E-state index is 0.00553. The van der Waals surface area contributed by atoms with Gasteiger partial charge in [0, 0.05) is 25.2 Å². The van der Waals surface area contributed by atoms with Crippen LogP contribution in [0.15, 0.2) is 36.7 Å². The SMILES string of the molecule is CN(C)C1(c2ccccc2)CCC2(CC1)CN(CC(=O)N1CCn3ncnc3C1)C(=O)N2CC1CCC1. The molecule has 0 unspecified atom stereocenters. The third-order valence-electron chi connectivity index (χ3n) is 9.69. The fraction of sp³-hybridized carbons (Fsp3) is 0.643. The lowest BCUT2D eigenvalue weighted by molar-refractivity contribution is -0.133. The molecule has 6 rings (SSSR count). The van der Waals surface area contributed by atoms with Gasteiger partial charge in [-0.05, 0) is 64.1 Å². The lowest BCUT2D eigenvalue weighted by Crippen LogP contribution is -2.56. The van der Waals surface area contributed by atoms with Gasteiger partial charge in [-0.15, -0.1) is 0 Å². The van der Waals surface area contributed by atoms with E-state index in [4.69, 9.17) is 0 Å². The Balaban J connectivity index is 1.20. The van der Waals surface area contributed by atoms with Crippen LogP contribution in [0, 0.1) is 5.92 Å². The molecule has 0 radical (unpaired) electrons. The van der Waals surface area contributed by atoms with E-state index in [9.17, 15) is 9.59 Å². The van der Waals surface area contributed by atoms with E-state index in [1.165, 1.54) is 24.8 Å². The molecule has 0 N–H and O–H groups in total. The fourth-order valence-corrected chi connectivity index (χ4v) is 7.05. The van der Waals surface area contributed by atoms with Gasteiger partial charge in [-0.1, -0.05) is 36.8 Å². The van der Waals surface area contributed by atoms with Gasteiger partial charge in [0.05, 0.1) is 18.6 Å². The van der Waals surface area contributed by atoms with Gasteiger partial charge in [0.15, 0.2) is 0 Å². The number of amides is 3. The molecule has 3 fully saturated rings. The van der Waals surface area contributed by atoms with E-state index in [0.717, 1.165) is 38.1 Å². The first-order valence-electron chi connectivity index (χ1n) is 13.8. The summed E-state index contributed by atoms with van der Waals surface area (Å²) in [6, 6.07) is 10.9. The largest absolute Gasteiger partial charge is 0.332 e. The van der Waals surface area contributed by atoms with Gasteiger partial charge in [0.2, 0.25) is 5.91 Å². The Hall–Kier alpha value is -2.94. The molecule has 37 heavy (non-hydrogen) atoms. The Morgan fingerprint density at radius 2 is 1.84 bits per heavy atom. The number of hydrogen-bond donors (Lipinski definition) is 0. The van der Waals surface area contributed by atoms with Crippen LogP contribution in [0.3, 0.4) is 0 Å². The molecular formula is C28H39N7O2. The van der Waals surface area contributed by atoms with Crippen molar-refractivity contribution in [3.63, 3.8) is 0 Å². The van der Waals surface area contributed by atoms with Crippen molar-refractivity contribution in [2.24, 2.45) is 5.92 Å². The first kappa shape index (κ1) is 24.4. The molecule has 4 aliphatic rings. The number of carbonyl (C=O) groups excluding carboxylic acids is 2. The van der Waals surface area contributed by atoms with Crippen molar-refractivity contribution in [2.75, 3.05) is 40.3 Å². The Morgan fingerprint density at radius 1 is 1.08 bits per heavy atom. The molecule has 0 atom stereocenters. The summed E-state index contributed by atoms with van der Waals surface area (Å²) in [7, 11) is 4.36. The summed E-state index contributed by atoms with van der Waals surface area (Å²) >= 11 is 0. The van der Waals surface area contributed by atoms with Crippen molar-refractivity contribution in [1.29, 1.82) is 0 Å². The summed E-state index contributed by atoms with van der Waals surface area (Å²) in [5.41, 5.74) is 1.14. The molecule has 1 saturated heterocycles. The molecule has 1 aromatic heterocycles. The van der Waals surface area contributed by atoms with Crippen LogP contribution < -0.4 is 0 Å². The van der Waals surface area contributed by atoms with E-state index in [-0.39, 0.29) is 29.6 Å². The van der Waals surface area contributed by atoms with E-state index >= 15 is 0 Å². The number of fused-ring (bicyclic) bond motifs is 1. The molecule has 2 saturated carbocycles. The third kappa shape index (κ3) is 4.21. The number of hydrogen-bond acceptors (Lipinski definition) is 5. The molecule has 3 heterocycles. The first-order valence-corrected chi connectivity index (χ1v) is 13.8. The van der Waals surface area contributed by atoms with Gasteiger partial charge >= 0.3 is 6.03 Å². The molecule has 198 valence electrons. The summed E-state index contributed by atoms with van der Waals surface area (Å²) in [5, 5.41) is 4.21. The smallest absolute Gasteiger partial charge is 0.321 e. The van der Waals surface area contributed by atoms with Crippen LogP contribution in [-0.2, 0) is 23.4 Å². The van der Waals surface area contributed by atoms with Crippen molar-refractivity contribution in [3.05, 3.63) is 48.0 Å². The van der Waals surface area contributed by atoms with E-state index in [0.29, 0.717) is 32.1 Å². The average Bonchev–Trinajstić information content (AvgIpc) is 3.45. The van der Waals surface area contributed by atoms with Gasteiger partial charge in [-0.25, -0.2) is 14.5 Å². The maximum Gasteiger partial charge on any atom is 0.321 e. The first-order chi connectivity index (χ1) is 17.9. The molecule has 2 aliphatic heterocycles. The minimum Gasteiger partial charge on any atom is -0.332 e. The molecule has 1 aromatic carbocycles. The lowest BCUT2D eigenvalue weighted by atomic mass is 9.68. The maximum absolute atomic E-state index is 13.8. The van der Waals surface area contributed by atoms with Crippen molar-refractivity contribution >= 4 is 11.9 Å². The van der Waals surface area contributed by atoms with E-state index < -0.39 is 0 Å². The van der Waals surface area contributed by atoms with Crippen LogP contribution in [0.1, 0.15) is 56.3 Å². The summed E-state index contributed by atoms with van der Waals surface area (Å²) in [4.78, 5) is 39.7. The Labute approximate surface area is 219 Å². The number of nitrogens with zero attached hydrogens (tertiary/aromatic N) is 7. The van der Waals surface area contributed by atoms with Crippen molar-refractivity contribution < 1.29 is 9.59 Å². The summed E-state index contributed by atoms with van der Waals surface area (Å²) < 4.78 is 1.85. The second kappa shape index (κ2) is 9.42. The number of aromatic nitrogens is 3. The fourth-order valence-electron chi connectivity index (χ4n) is 7.05. The Bertz CT molecular complexity index is 1130. The molecule has 2 aromatic rings. The quantitative estimate of drug-likeness (QED) is 0.603. The number of rotatable bonds is 6. The van der Waals surface area contributed by atoms with Crippen LogP contribution in [0.25, 0.3) is 0 Å². The second-order valence-electron chi connectivity index (χ2n) is 11.8. The van der Waals surface area contributed by atoms with E-state index in [2.05, 4.69) is 64.3 Å². The predicted molar refractivity (Wildman–Crippen MR) is 139 cm³/mol. The molecule has 2 aliphatic carbocycles. The Morgan fingerprint density at radius 3 is 2.51 bits per heavy atom. The van der Waals surface area contributed by atoms with Gasteiger partial charge in [0.1, 0.15) is 18.7 Å². The van der Waals surface area contributed by atoms with E-state index in [1.807, 2.05) is 14.5 Å². The predicted octanol–water partition coefficient (Wildman–Crippen LogP) is 2.93. The highest BCUT2D eigenvalue weighted by Gasteiger charge is 2.55. The molecule has 0 bridgehead atoms. The summed E-state index contributed by atoms with van der Waals surface area (Å²) in [6.07, 6.45) is 9.13. The van der Waals surface area contributed by atoms with E-state index in [1.54, 1.807) is 6.33 Å². The standard InChI is InChI=1S/C28H39N7O2/c1-31(2)28(23-9-4-3-5-10-23)13-11-27(12-14-28)20-33(26(37)34(27)17-22-7-6-8-22)19-25(36)32-15-16-35-24(18-32)29-21-30-35/h3-5,9-10,21-22H,6-8,11-20H2,1-2H3. The van der Waals surface area contributed by atoms with Gasteiger partial charge in [-0.2, -0.15) is 5.10 Å². The minimum atomic E-state index is -0.191. The third-order valence-corrected chi connectivity index (χ3v) is 9.69. The monoisotopic (exact) mass is 505 g/mol. The molecule has 9 heteroatoms. The molecule has 9 nitrogen and oxygen atoms in total. The van der Waals surface area contributed by atoms with Crippen LogP contribution in [-0.4, -0.2) is 92.1 Å². The zero-order valence-electron chi connectivity index (χ0n) is 22.2. The maximum atomic E-state index is 13.8. The summed E-state index contributed by atoms with van der Waals surface area (Å²) in [5.74, 6) is 1.41. The van der Waals surface area contributed by atoms with Crippen LogP contribution in [0.5, 0.6) is 0 Å². The van der Waals surface area contributed by atoms with Crippen molar-refractivity contribution in [2.45, 2.75) is 69.1 Å². The number of benzene rings is 1. The normalized spacial score (nSPS) is 28.2. The van der Waals surface area contributed by atoms with Crippen molar-refractivity contribution in [3.8, 4) is 0 Å². The highest BCUT2D eigenvalue weighted by molar-refractivity contribution is 5.86. The van der Waals surface area contributed by atoms with Crippen LogP contribution >= 0.6 is 0 Å². The number of carbonyl (C=O) groups is 2. The average molecular weight is 506 g/mol. The van der Waals surface area contributed by atoms with Crippen LogP contribution in [0.2, 0.25) is 0 Å². The zero-order chi connectivity index (χ0) is 25.6. The Kier molecular flexibility index (Phi) is 6.21. The zero-order valence-corrected chi connectivity index (χ0v) is 22.2. The van der Waals surface area contributed by atoms with Gasteiger partial charge in [-0.3, -0.25) is 9.69 Å². The lowest BCUT2D eigenvalue weighted by Gasteiger charge is -2.51. The van der Waals surface area contributed by atoms with Crippen molar-refractivity contribution in [1.82, 2.24) is 34.4 Å².